The molecule has 2 heterocycles. The summed E-state index contributed by atoms with van der Waals surface area (Å²) in [7, 11) is 0. The number of hydrogen-bond acceptors (Lipinski definition) is 3. The Morgan fingerprint density at radius 2 is 1.94 bits per heavy atom. The number of nitrogens with zero attached hydrogens (tertiary/aromatic N) is 4. The third-order valence-electron chi connectivity index (χ3n) is 2.51. The van der Waals surface area contributed by atoms with Crippen molar-refractivity contribution in [2.75, 3.05) is 0 Å². The third-order valence-corrected chi connectivity index (χ3v) is 2.76. The molecule has 0 saturated heterocycles. The van der Waals surface area contributed by atoms with Gasteiger partial charge in [-0.05, 0) is 13.8 Å². The predicted molar refractivity (Wildman–Crippen MR) is 63.0 cm³/mol. The fourth-order valence-electron chi connectivity index (χ4n) is 1.51. The summed E-state index contributed by atoms with van der Waals surface area (Å²) in [4.78, 5) is 13.0. The lowest BCUT2D eigenvalue weighted by Crippen LogP contribution is -2.06. The summed E-state index contributed by atoms with van der Waals surface area (Å²) in [5, 5.41) is 0.413. The van der Waals surface area contributed by atoms with Crippen LogP contribution in [0.2, 0.25) is 5.15 Å². The molecule has 0 saturated carbocycles. The van der Waals surface area contributed by atoms with Crippen LogP contribution in [0.25, 0.3) is 5.82 Å². The first-order valence-electron chi connectivity index (χ1n) is 5.16. The smallest absolute Gasteiger partial charge is 0.176 e. The highest BCUT2D eigenvalue weighted by atomic mass is 35.5. The molecule has 0 aliphatic heterocycles. The zero-order valence-electron chi connectivity index (χ0n) is 9.53. The summed E-state index contributed by atoms with van der Waals surface area (Å²) < 4.78 is 1.88. The monoisotopic (exact) mass is 236 g/mol. The molecule has 0 aliphatic carbocycles. The normalized spacial score (nSPS) is 10.8. The van der Waals surface area contributed by atoms with Gasteiger partial charge in [-0.3, -0.25) is 4.57 Å². The molecule has 0 atom stereocenters. The van der Waals surface area contributed by atoms with Crippen LogP contribution in [0.3, 0.4) is 0 Å². The van der Waals surface area contributed by atoms with Gasteiger partial charge in [-0.25, -0.2) is 15.0 Å². The Labute approximate surface area is 99.3 Å². The van der Waals surface area contributed by atoms with Gasteiger partial charge in [0.05, 0.1) is 11.4 Å². The first-order valence-corrected chi connectivity index (χ1v) is 5.54. The first kappa shape index (κ1) is 11.1. The van der Waals surface area contributed by atoms with Gasteiger partial charge >= 0.3 is 0 Å². The maximum atomic E-state index is 6.10. The van der Waals surface area contributed by atoms with Crippen LogP contribution in [0.5, 0.6) is 0 Å². The molecular formula is C11H13ClN4. The van der Waals surface area contributed by atoms with Crippen LogP contribution in [0, 0.1) is 13.8 Å². The summed E-state index contributed by atoms with van der Waals surface area (Å²) in [5.74, 6) is 1.58. The van der Waals surface area contributed by atoms with Gasteiger partial charge in [-0.2, -0.15) is 0 Å². The van der Waals surface area contributed by atoms with Gasteiger partial charge in [0.15, 0.2) is 11.0 Å². The van der Waals surface area contributed by atoms with E-state index in [2.05, 4.69) is 15.0 Å². The summed E-state index contributed by atoms with van der Waals surface area (Å²) in [5.41, 5.74) is 1.74. The number of aromatic nitrogens is 4. The summed E-state index contributed by atoms with van der Waals surface area (Å²) >= 11 is 6.10. The van der Waals surface area contributed by atoms with E-state index in [0.717, 1.165) is 23.6 Å². The van der Waals surface area contributed by atoms with E-state index in [4.69, 9.17) is 11.6 Å². The molecular weight excluding hydrogens is 224 g/mol. The maximum absolute atomic E-state index is 6.10. The van der Waals surface area contributed by atoms with Crippen molar-refractivity contribution in [3.8, 4) is 5.82 Å². The highest BCUT2D eigenvalue weighted by Crippen LogP contribution is 2.19. The molecule has 4 nitrogen and oxygen atoms in total. The number of aryl methyl sites for hydroxylation is 3. The van der Waals surface area contributed by atoms with E-state index in [9.17, 15) is 0 Å². The van der Waals surface area contributed by atoms with Crippen molar-refractivity contribution >= 4 is 11.6 Å². The molecule has 0 amide bonds. The Hall–Kier alpha value is -1.42. The van der Waals surface area contributed by atoms with E-state index in [1.54, 1.807) is 6.20 Å². The molecule has 2 aromatic heterocycles. The molecule has 84 valence electrons. The van der Waals surface area contributed by atoms with Crippen molar-refractivity contribution in [2.24, 2.45) is 0 Å². The van der Waals surface area contributed by atoms with Gasteiger partial charge in [0.25, 0.3) is 0 Å². The van der Waals surface area contributed by atoms with Crippen LogP contribution in [0.15, 0.2) is 12.4 Å². The maximum Gasteiger partial charge on any atom is 0.176 e. The van der Waals surface area contributed by atoms with Crippen molar-refractivity contribution in [1.29, 1.82) is 0 Å². The summed E-state index contributed by atoms with van der Waals surface area (Å²) in [6.45, 7) is 5.86. The molecule has 2 aromatic rings. The standard InChI is InChI=1S/C11H13ClN4/c1-4-9-13-5-6-16(9)11-10(12)14-7(2)8(3)15-11/h5-6H,4H2,1-3H3. The zero-order chi connectivity index (χ0) is 11.7. The second-order valence-corrected chi connectivity index (χ2v) is 3.93. The van der Waals surface area contributed by atoms with Crippen LogP contribution in [0.4, 0.5) is 0 Å². The van der Waals surface area contributed by atoms with Crippen molar-refractivity contribution in [2.45, 2.75) is 27.2 Å². The van der Waals surface area contributed by atoms with Gasteiger partial charge in [0.1, 0.15) is 5.82 Å². The van der Waals surface area contributed by atoms with E-state index >= 15 is 0 Å². The molecule has 5 heteroatoms. The molecule has 0 N–H and O–H groups in total. The van der Waals surface area contributed by atoms with Crippen LogP contribution < -0.4 is 0 Å². The largest absolute Gasteiger partial charge is 0.285 e. The molecule has 2 rings (SSSR count). The van der Waals surface area contributed by atoms with E-state index in [0.29, 0.717) is 11.0 Å². The lowest BCUT2D eigenvalue weighted by atomic mass is 10.3. The van der Waals surface area contributed by atoms with Crippen molar-refractivity contribution in [3.05, 3.63) is 34.8 Å². The summed E-state index contributed by atoms with van der Waals surface area (Å²) in [6, 6.07) is 0. The summed E-state index contributed by atoms with van der Waals surface area (Å²) in [6.07, 6.45) is 4.42. The minimum atomic E-state index is 0.413. The van der Waals surface area contributed by atoms with Crippen molar-refractivity contribution < 1.29 is 0 Å². The van der Waals surface area contributed by atoms with Gasteiger partial charge in [0.2, 0.25) is 0 Å². The number of halogens is 1. The predicted octanol–water partition coefficient (Wildman–Crippen LogP) is 2.49. The quantitative estimate of drug-likeness (QED) is 0.805. The van der Waals surface area contributed by atoms with Crippen molar-refractivity contribution in [3.63, 3.8) is 0 Å². The first-order chi connectivity index (χ1) is 7.63. The molecule has 0 aliphatic rings. The van der Waals surface area contributed by atoms with Crippen molar-refractivity contribution in [1.82, 2.24) is 19.5 Å². The van der Waals surface area contributed by atoms with E-state index in [1.165, 1.54) is 0 Å². The molecule has 0 radical (unpaired) electrons. The third kappa shape index (κ3) is 1.80. The van der Waals surface area contributed by atoms with Crippen LogP contribution in [-0.2, 0) is 6.42 Å². The van der Waals surface area contributed by atoms with E-state index in [-0.39, 0.29) is 0 Å². The highest BCUT2D eigenvalue weighted by Gasteiger charge is 2.11. The molecule has 0 bridgehead atoms. The van der Waals surface area contributed by atoms with E-state index in [1.807, 2.05) is 31.5 Å². The fraction of sp³-hybridized carbons (Fsp3) is 0.364. The Morgan fingerprint density at radius 3 is 2.62 bits per heavy atom. The van der Waals surface area contributed by atoms with Gasteiger partial charge in [0, 0.05) is 18.8 Å². The SMILES string of the molecule is CCc1nccn1-c1nc(C)c(C)nc1Cl. The molecule has 0 unspecified atom stereocenters. The molecule has 0 spiro atoms. The molecule has 0 aromatic carbocycles. The van der Waals surface area contributed by atoms with Gasteiger partial charge in [-0.15, -0.1) is 0 Å². The number of rotatable bonds is 2. The lowest BCUT2D eigenvalue weighted by molar-refractivity contribution is 0.848. The molecule has 0 fully saturated rings. The second-order valence-electron chi connectivity index (χ2n) is 3.58. The minimum Gasteiger partial charge on any atom is -0.285 e. The average molecular weight is 237 g/mol. The second kappa shape index (κ2) is 4.22. The Kier molecular flexibility index (Phi) is 2.92. The lowest BCUT2D eigenvalue weighted by Gasteiger charge is -2.09. The van der Waals surface area contributed by atoms with Gasteiger partial charge < -0.3 is 0 Å². The topological polar surface area (TPSA) is 43.6 Å². The fourth-order valence-corrected chi connectivity index (χ4v) is 1.77. The Bertz CT molecular complexity index is 519. The average Bonchev–Trinajstić information content (AvgIpc) is 2.71. The van der Waals surface area contributed by atoms with Crippen LogP contribution >= 0.6 is 11.6 Å². The Balaban J connectivity index is 2.60. The highest BCUT2D eigenvalue weighted by molar-refractivity contribution is 6.30. The van der Waals surface area contributed by atoms with Gasteiger partial charge in [-0.1, -0.05) is 18.5 Å². The van der Waals surface area contributed by atoms with Crippen LogP contribution in [-0.4, -0.2) is 19.5 Å². The van der Waals surface area contributed by atoms with E-state index < -0.39 is 0 Å². The van der Waals surface area contributed by atoms with Crippen LogP contribution in [0.1, 0.15) is 24.1 Å². The number of hydrogen-bond donors (Lipinski definition) is 0. The molecule has 16 heavy (non-hydrogen) atoms. The Morgan fingerprint density at radius 1 is 1.25 bits per heavy atom. The minimum absolute atomic E-state index is 0.413. The number of imidazole rings is 1. The zero-order valence-corrected chi connectivity index (χ0v) is 10.3.